The van der Waals surface area contributed by atoms with Crippen LogP contribution in [0, 0.1) is 12.7 Å². The minimum Gasteiger partial charge on any atom is -0.345 e. The number of carbonyl (C=O) groups excluding carboxylic acids is 1. The van der Waals surface area contributed by atoms with Crippen LogP contribution in [0.2, 0.25) is 0 Å². The Hall–Kier alpha value is -3.53. The predicted molar refractivity (Wildman–Crippen MR) is 113 cm³/mol. The lowest BCUT2D eigenvalue weighted by Gasteiger charge is -2.20. The van der Waals surface area contributed by atoms with Gasteiger partial charge in [-0.3, -0.25) is 9.78 Å². The van der Waals surface area contributed by atoms with Crippen molar-refractivity contribution in [1.29, 1.82) is 0 Å². The number of amides is 1. The molecule has 0 aliphatic carbocycles. The van der Waals surface area contributed by atoms with Crippen molar-refractivity contribution in [2.24, 2.45) is 0 Å². The van der Waals surface area contributed by atoms with Crippen LogP contribution < -0.4 is 5.32 Å². The highest BCUT2D eigenvalue weighted by molar-refractivity contribution is 6.06. The third-order valence-corrected chi connectivity index (χ3v) is 4.93. The number of carbonyl (C=O) groups is 1. The standard InChI is InChI=1S/C25H21FN2O/c1-17-14-22(21-16-20(26)12-13-23(21)27-17)25(29)28-24(19-10-6-3-7-11-19)15-18-8-4-2-5-9-18/h2-14,16,24H,15H2,1H3,(H,28,29)/t24-/m0/s1. The van der Waals surface area contributed by atoms with Gasteiger partial charge in [0.25, 0.3) is 5.91 Å². The second-order valence-electron chi connectivity index (χ2n) is 7.10. The Morgan fingerprint density at radius 2 is 1.66 bits per heavy atom. The first kappa shape index (κ1) is 18.8. The average Bonchev–Trinajstić information content (AvgIpc) is 2.74. The van der Waals surface area contributed by atoms with Gasteiger partial charge in [0.05, 0.1) is 17.1 Å². The summed E-state index contributed by atoms with van der Waals surface area (Å²) in [6.45, 7) is 1.83. The van der Waals surface area contributed by atoms with E-state index in [0.717, 1.165) is 11.1 Å². The van der Waals surface area contributed by atoms with Gasteiger partial charge in [0, 0.05) is 11.1 Å². The number of hydrogen-bond donors (Lipinski definition) is 1. The Morgan fingerprint density at radius 1 is 0.966 bits per heavy atom. The highest BCUT2D eigenvalue weighted by Gasteiger charge is 2.19. The molecule has 144 valence electrons. The van der Waals surface area contributed by atoms with Gasteiger partial charge in [-0.1, -0.05) is 60.7 Å². The van der Waals surface area contributed by atoms with E-state index in [1.165, 1.54) is 12.1 Å². The Kier molecular flexibility index (Phi) is 5.34. The largest absolute Gasteiger partial charge is 0.345 e. The number of halogens is 1. The van der Waals surface area contributed by atoms with Gasteiger partial charge in [-0.2, -0.15) is 0 Å². The molecule has 1 amide bonds. The number of aryl methyl sites for hydroxylation is 1. The number of aromatic nitrogens is 1. The summed E-state index contributed by atoms with van der Waals surface area (Å²) in [4.78, 5) is 17.7. The van der Waals surface area contributed by atoms with Crippen LogP contribution >= 0.6 is 0 Å². The Labute approximate surface area is 169 Å². The molecule has 3 aromatic carbocycles. The third kappa shape index (κ3) is 4.32. The second-order valence-corrected chi connectivity index (χ2v) is 7.10. The highest BCUT2D eigenvalue weighted by Crippen LogP contribution is 2.23. The van der Waals surface area contributed by atoms with Crippen molar-refractivity contribution in [3.8, 4) is 0 Å². The van der Waals surface area contributed by atoms with E-state index in [1.807, 2.05) is 67.6 Å². The van der Waals surface area contributed by atoms with Crippen molar-refractivity contribution in [3.05, 3.63) is 113 Å². The maximum Gasteiger partial charge on any atom is 0.252 e. The lowest BCUT2D eigenvalue weighted by atomic mass is 9.98. The summed E-state index contributed by atoms with van der Waals surface area (Å²) in [6.07, 6.45) is 0.660. The van der Waals surface area contributed by atoms with Crippen LogP contribution in [-0.2, 0) is 6.42 Å². The van der Waals surface area contributed by atoms with E-state index in [9.17, 15) is 9.18 Å². The Balaban J connectivity index is 1.70. The fourth-order valence-electron chi connectivity index (χ4n) is 3.54. The maximum atomic E-state index is 13.8. The molecule has 0 aliphatic rings. The van der Waals surface area contributed by atoms with Gasteiger partial charge in [-0.15, -0.1) is 0 Å². The monoisotopic (exact) mass is 384 g/mol. The van der Waals surface area contributed by atoms with Gasteiger partial charge in [0.2, 0.25) is 0 Å². The number of pyridine rings is 1. The Morgan fingerprint density at radius 3 is 2.38 bits per heavy atom. The van der Waals surface area contributed by atoms with Crippen molar-refractivity contribution in [2.45, 2.75) is 19.4 Å². The van der Waals surface area contributed by atoms with E-state index in [2.05, 4.69) is 10.3 Å². The van der Waals surface area contributed by atoms with E-state index in [0.29, 0.717) is 28.6 Å². The zero-order chi connectivity index (χ0) is 20.2. The fourth-order valence-corrected chi connectivity index (χ4v) is 3.54. The van der Waals surface area contributed by atoms with Crippen LogP contribution in [0.5, 0.6) is 0 Å². The van der Waals surface area contributed by atoms with Crippen LogP contribution in [0.4, 0.5) is 4.39 Å². The number of hydrogen-bond acceptors (Lipinski definition) is 2. The first-order valence-electron chi connectivity index (χ1n) is 9.57. The molecule has 0 spiro atoms. The number of rotatable bonds is 5. The molecule has 0 saturated heterocycles. The average molecular weight is 384 g/mol. The third-order valence-electron chi connectivity index (χ3n) is 4.93. The van der Waals surface area contributed by atoms with Gasteiger partial charge in [0.15, 0.2) is 0 Å². The fraction of sp³-hybridized carbons (Fsp3) is 0.120. The molecule has 4 heteroatoms. The summed E-state index contributed by atoms with van der Waals surface area (Å²) < 4.78 is 13.8. The lowest BCUT2D eigenvalue weighted by molar-refractivity contribution is 0.0938. The van der Waals surface area contributed by atoms with E-state index in [1.54, 1.807) is 12.1 Å². The number of fused-ring (bicyclic) bond motifs is 1. The van der Waals surface area contributed by atoms with Crippen molar-refractivity contribution in [2.75, 3.05) is 0 Å². The van der Waals surface area contributed by atoms with Crippen LogP contribution in [0.1, 0.15) is 33.2 Å². The second kappa shape index (κ2) is 8.23. The van der Waals surface area contributed by atoms with Gasteiger partial charge in [-0.05, 0) is 48.7 Å². The first-order valence-corrected chi connectivity index (χ1v) is 9.57. The molecule has 1 N–H and O–H groups in total. The summed E-state index contributed by atoms with van der Waals surface area (Å²) in [5.74, 6) is -0.628. The lowest BCUT2D eigenvalue weighted by Crippen LogP contribution is -2.30. The quantitative estimate of drug-likeness (QED) is 0.501. The first-order chi connectivity index (χ1) is 14.1. The van der Waals surface area contributed by atoms with Crippen molar-refractivity contribution >= 4 is 16.8 Å². The summed E-state index contributed by atoms with van der Waals surface area (Å²) in [5, 5.41) is 3.66. The molecule has 4 aromatic rings. The van der Waals surface area contributed by atoms with E-state index < -0.39 is 0 Å². The molecule has 1 aromatic heterocycles. The molecule has 1 heterocycles. The molecule has 4 rings (SSSR count). The molecule has 0 saturated carbocycles. The maximum absolute atomic E-state index is 13.8. The van der Waals surface area contributed by atoms with Gasteiger partial charge in [0.1, 0.15) is 5.82 Å². The molecule has 0 aliphatic heterocycles. The molecule has 0 unspecified atom stereocenters. The minimum atomic E-state index is -0.388. The number of nitrogens with one attached hydrogen (secondary N) is 1. The zero-order valence-electron chi connectivity index (χ0n) is 16.1. The Bertz CT molecular complexity index is 1140. The van der Waals surface area contributed by atoms with Crippen LogP contribution in [0.3, 0.4) is 0 Å². The van der Waals surface area contributed by atoms with Gasteiger partial charge >= 0.3 is 0 Å². The summed E-state index contributed by atoms with van der Waals surface area (Å²) in [5.41, 5.74) is 3.90. The topological polar surface area (TPSA) is 42.0 Å². The van der Waals surface area contributed by atoms with Crippen LogP contribution in [-0.4, -0.2) is 10.9 Å². The smallest absolute Gasteiger partial charge is 0.252 e. The van der Waals surface area contributed by atoms with Crippen molar-refractivity contribution in [1.82, 2.24) is 10.3 Å². The zero-order valence-corrected chi connectivity index (χ0v) is 16.1. The predicted octanol–water partition coefficient (Wildman–Crippen LogP) is 5.40. The van der Waals surface area contributed by atoms with Crippen molar-refractivity contribution < 1.29 is 9.18 Å². The summed E-state index contributed by atoms with van der Waals surface area (Å²) in [6, 6.07) is 25.8. The molecule has 29 heavy (non-hydrogen) atoms. The molecular weight excluding hydrogens is 363 g/mol. The molecule has 0 bridgehead atoms. The SMILES string of the molecule is Cc1cc(C(=O)N[C@@H](Cc2ccccc2)c2ccccc2)c2cc(F)ccc2n1. The summed E-state index contributed by atoms with van der Waals surface area (Å²) in [7, 11) is 0. The molecular formula is C25H21FN2O. The molecule has 0 radical (unpaired) electrons. The van der Waals surface area contributed by atoms with E-state index in [-0.39, 0.29) is 17.8 Å². The van der Waals surface area contributed by atoms with Gasteiger partial charge < -0.3 is 5.32 Å². The normalized spacial score (nSPS) is 11.9. The molecule has 1 atom stereocenters. The number of nitrogens with zero attached hydrogens (tertiary/aromatic N) is 1. The van der Waals surface area contributed by atoms with Crippen molar-refractivity contribution in [3.63, 3.8) is 0 Å². The molecule has 3 nitrogen and oxygen atoms in total. The highest BCUT2D eigenvalue weighted by atomic mass is 19.1. The molecule has 0 fully saturated rings. The van der Waals surface area contributed by atoms with E-state index in [4.69, 9.17) is 0 Å². The minimum absolute atomic E-state index is 0.205. The van der Waals surface area contributed by atoms with Crippen LogP contribution in [0.25, 0.3) is 10.9 Å². The van der Waals surface area contributed by atoms with Crippen LogP contribution in [0.15, 0.2) is 84.9 Å². The van der Waals surface area contributed by atoms with E-state index >= 15 is 0 Å². The summed E-state index contributed by atoms with van der Waals surface area (Å²) >= 11 is 0. The van der Waals surface area contributed by atoms with Gasteiger partial charge in [-0.25, -0.2) is 4.39 Å². The number of benzene rings is 3.